The van der Waals surface area contributed by atoms with E-state index in [9.17, 15) is 9.90 Å². The average Bonchev–Trinajstić information content (AvgIpc) is 2.75. The number of carboxylic acid groups (broad SMARTS) is 1. The second kappa shape index (κ2) is 7.67. The summed E-state index contributed by atoms with van der Waals surface area (Å²) in [6, 6.07) is 30.1. The number of pyridine rings is 1. The maximum atomic E-state index is 12.1. The minimum Gasteiger partial charge on any atom is -0.539 e. The number of aromatic carboxylic acids is 1. The van der Waals surface area contributed by atoms with Crippen LogP contribution in [0.2, 0.25) is 5.02 Å². The van der Waals surface area contributed by atoms with E-state index in [4.69, 9.17) is 11.6 Å². The lowest BCUT2D eigenvalue weighted by Gasteiger charge is -2.12. The molecule has 1 heterocycles. The van der Waals surface area contributed by atoms with Crippen molar-refractivity contribution in [1.29, 1.82) is 0 Å². The van der Waals surface area contributed by atoms with Crippen molar-refractivity contribution in [3.8, 4) is 28.1 Å². The molecule has 0 radical (unpaired) electrons. The van der Waals surface area contributed by atoms with Gasteiger partial charge in [-0.05, 0) is 35.4 Å². The van der Waals surface area contributed by atoms with Crippen LogP contribution in [0.25, 0.3) is 28.1 Å². The fourth-order valence-electron chi connectivity index (χ4n) is 3.23. The summed E-state index contributed by atoms with van der Waals surface area (Å²) in [4.78, 5) is 12.1. The molecule has 4 rings (SSSR count). The van der Waals surface area contributed by atoms with Crippen molar-refractivity contribution >= 4 is 17.6 Å². The number of hydrogen-bond donors (Lipinski definition) is 0. The summed E-state index contributed by atoms with van der Waals surface area (Å²) in [6.07, 6.45) is 0. The largest absolute Gasteiger partial charge is 0.539 e. The van der Waals surface area contributed by atoms with Crippen LogP contribution in [0, 0.1) is 0 Å². The van der Waals surface area contributed by atoms with E-state index in [1.54, 1.807) is 34.9 Å². The Bertz CT molecular complexity index is 1120. The summed E-state index contributed by atoms with van der Waals surface area (Å²) in [7, 11) is 0. The highest BCUT2D eigenvalue weighted by Crippen LogP contribution is 2.26. The van der Waals surface area contributed by atoms with Crippen molar-refractivity contribution < 1.29 is 14.5 Å². The topological polar surface area (TPSA) is 44.0 Å². The van der Waals surface area contributed by atoms with E-state index < -0.39 is 5.97 Å². The van der Waals surface area contributed by atoms with Gasteiger partial charge in [0, 0.05) is 34.9 Å². The summed E-state index contributed by atoms with van der Waals surface area (Å²) in [6.45, 7) is 0. The molecule has 0 aliphatic rings. The molecule has 0 aliphatic heterocycles. The van der Waals surface area contributed by atoms with Crippen LogP contribution in [0.5, 0.6) is 0 Å². The van der Waals surface area contributed by atoms with Crippen molar-refractivity contribution in [2.24, 2.45) is 0 Å². The van der Waals surface area contributed by atoms with E-state index >= 15 is 0 Å². The van der Waals surface area contributed by atoms with Crippen LogP contribution in [0.4, 0.5) is 0 Å². The van der Waals surface area contributed by atoms with Crippen LogP contribution in [0.1, 0.15) is 10.5 Å². The van der Waals surface area contributed by atoms with Crippen molar-refractivity contribution in [1.82, 2.24) is 0 Å². The summed E-state index contributed by atoms with van der Waals surface area (Å²) in [5, 5.41) is 12.7. The van der Waals surface area contributed by atoms with Gasteiger partial charge in [0.15, 0.2) is 0 Å². The molecule has 0 unspecified atom stereocenters. The van der Waals surface area contributed by atoms with Crippen molar-refractivity contribution in [2.45, 2.75) is 0 Å². The lowest BCUT2D eigenvalue weighted by Crippen LogP contribution is -2.44. The predicted molar refractivity (Wildman–Crippen MR) is 108 cm³/mol. The van der Waals surface area contributed by atoms with Gasteiger partial charge in [-0.15, -0.1) is 0 Å². The summed E-state index contributed by atoms with van der Waals surface area (Å²) < 4.78 is 1.69. The molecule has 4 aromatic rings. The number of hydrogen-bond acceptors (Lipinski definition) is 2. The van der Waals surface area contributed by atoms with Crippen LogP contribution < -0.4 is 9.67 Å². The molecule has 1 aromatic heterocycles. The van der Waals surface area contributed by atoms with Gasteiger partial charge in [0.1, 0.15) is 5.97 Å². The van der Waals surface area contributed by atoms with Gasteiger partial charge in [-0.2, -0.15) is 4.57 Å². The van der Waals surface area contributed by atoms with Crippen LogP contribution in [-0.4, -0.2) is 5.97 Å². The van der Waals surface area contributed by atoms with E-state index in [-0.39, 0.29) is 5.69 Å². The molecular weight excluding hydrogens is 370 g/mol. The smallest absolute Gasteiger partial charge is 0.235 e. The summed E-state index contributed by atoms with van der Waals surface area (Å²) >= 11 is 6.03. The third kappa shape index (κ3) is 3.53. The number of rotatable bonds is 4. The van der Waals surface area contributed by atoms with Crippen LogP contribution in [-0.2, 0) is 0 Å². The molecule has 0 amide bonds. The first-order chi connectivity index (χ1) is 13.6. The Balaban J connectivity index is 2.05. The zero-order valence-corrected chi connectivity index (χ0v) is 15.6. The van der Waals surface area contributed by atoms with Gasteiger partial charge in [0.2, 0.25) is 17.1 Å². The lowest BCUT2D eigenvalue weighted by atomic mass is 10.0. The molecule has 0 atom stereocenters. The molecule has 0 saturated carbocycles. The van der Waals surface area contributed by atoms with Crippen LogP contribution >= 0.6 is 11.6 Å². The van der Waals surface area contributed by atoms with Crippen molar-refractivity contribution in [2.75, 3.05) is 0 Å². The maximum absolute atomic E-state index is 12.1. The Hall–Kier alpha value is -3.43. The molecule has 3 aromatic carbocycles. The van der Waals surface area contributed by atoms with Crippen LogP contribution in [0.3, 0.4) is 0 Å². The molecule has 0 N–H and O–H groups in total. The molecule has 0 aliphatic carbocycles. The highest BCUT2D eigenvalue weighted by Gasteiger charge is 2.24. The molecule has 136 valence electrons. The normalized spacial score (nSPS) is 10.6. The minimum atomic E-state index is -1.25. The standard InChI is InChI=1S/C24H16ClNO2/c25-20-11-13-21(14-12-20)26-22(18-9-5-2-6-10-18)15-19(16-23(26)24(27)28)17-7-3-1-4-8-17/h1-16H. The molecule has 0 spiro atoms. The zero-order chi connectivity index (χ0) is 19.5. The first-order valence-corrected chi connectivity index (χ1v) is 9.19. The Kier molecular flexibility index (Phi) is 4.92. The third-order valence-electron chi connectivity index (χ3n) is 4.54. The molecule has 28 heavy (non-hydrogen) atoms. The second-order valence-electron chi connectivity index (χ2n) is 6.35. The van der Waals surface area contributed by atoms with Crippen molar-refractivity contribution in [3.63, 3.8) is 0 Å². The van der Waals surface area contributed by atoms with Gasteiger partial charge in [-0.1, -0.05) is 60.1 Å². The number of benzene rings is 3. The zero-order valence-electron chi connectivity index (χ0n) is 14.9. The van der Waals surface area contributed by atoms with Gasteiger partial charge in [0.25, 0.3) is 0 Å². The third-order valence-corrected chi connectivity index (χ3v) is 4.79. The van der Waals surface area contributed by atoms with Gasteiger partial charge >= 0.3 is 0 Å². The van der Waals surface area contributed by atoms with E-state index in [0.29, 0.717) is 10.7 Å². The fraction of sp³-hybridized carbons (Fsp3) is 0. The summed E-state index contributed by atoms with van der Waals surface area (Å²) in [5.74, 6) is -1.25. The Morgan fingerprint density at radius 1 is 0.714 bits per heavy atom. The van der Waals surface area contributed by atoms with Gasteiger partial charge in [0.05, 0.1) is 0 Å². The molecule has 0 bridgehead atoms. The van der Waals surface area contributed by atoms with Gasteiger partial charge in [-0.3, -0.25) is 0 Å². The molecular formula is C24H16ClNO2. The number of carbonyl (C=O) groups excluding carboxylic acids is 1. The first-order valence-electron chi connectivity index (χ1n) is 8.82. The monoisotopic (exact) mass is 385 g/mol. The fourth-order valence-corrected chi connectivity index (χ4v) is 3.36. The van der Waals surface area contributed by atoms with Gasteiger partial charge < -0.3 is 9.90 Å². The average molecular weight is 386 g/mol. The highest BCUT2D eigenvalue weighted by molar-refractivity contribution is 6.30. The van der Waals surface area contributed by atoms with E-state index in [0.717, 1.165) is 22.4 Å². The highest BCUT2D eigenvalue weighted by atomic mass is 35.5. The SMILES string of the molecule is O=C([O-])c1cc(-c2ccccc2)cc(-c2ccccc2)[n+]1-c1ccc(Cl)cc1. The maximum Gasteiger partial charge on any atom is 0.235 e. The van der Waals surface area contributed by atoms with Crippen molar-refractivity contribution in [3.05, 3.63) is 108 Å². The first kappa shape index (κ1) is 18.0. The van der Waals surface area contributed by atoms with E-state index in [1.807, 2.05) is 66.7 Å². The Labute approximate surface area is 168 Å². The molecule has 3 nitrogen and oxygen atoms in total. The van der Waals surface area contributed by atoms with Crippen LogP contribution in [0.15, 0.2) is 97.1 Å². The summed E-state index contributed by atoms with van der Waals surface area (Å²) in [5.41, 5.74) is 4.17. The molecule has 0 saturated heterocycles. The lowest BCUT2D eigenvalue weighted by molar-refractivity contribution is -0.590. The second-order valence-corrected chi connectivity index (χ2v) is 6.78. The quantitative estimate of drug-likeness (QED) is 0.491. The number of halogens is 1. The number of carboxylic acids is 1. The predicted octanol–water partition coefficient (Wildman–Crippen LogP) is 4.31. The Morgan fingerprint density at radius 2 is 1.29 bits per heavy atom. The number of carbonyl (C=O) groups is 1. The number of aromatic nitrogens is 1. The van der Waals surface area contributed by atoms with Gasteiger partial charge in [-0.25, -0.2) is 0 Å². The molecule has 4 heteroatoms. The minimum absolute atomic E-state index is 0.0718. The van der Waals surface area contributed by atoms with E-state index in [1.165, 1.54) is 0 Å². The molecule has 0 fully saturated rings. The number of nitrogens with zero attached hydrogens (tertiary/aromatic N) is 1. The van der Waals surface area contributed by atoms with E-state index in [2.05, 4.69) is 0 Å². The Morgan fingerprint density at radius 3 is 1.86 bits per heavy atom.